The van der Waals surface area contributed by atoms with Gasteiger partial charge in [0.2, 0.25) is 0 Å². The minimum atomic E-state index is -4.56. The van der Waals surface area contributed by atoms with Gasteiger partial charge >= 0.3 is 6.18 Å². The molecule has 4 rings (SSSR count). The minimum Gasteiger partial charge on any atom is -0.376 e. The quantitative estimate of drug-likeness (QED) is 0.403. The smallest absolute Gasteiger partial charge is 0.376 e. The summed E-state index contributed by atoms with van der Waals surface area (Å²) in [6.07, 6.45) is 0.871. The van der Waals surface area contributed by atoms with Crippen LogP contribution in [0.5, 0.6) is 0 Å². The summed E-state index contributed by atoms with van der Waals surface area (Å²) in [7, 11) is 0. The van der Waals surface area contributed by atoms with E-state index in [2.05, 4.69) is 26.2 Å². The first-order valence-corrected chi connectivity index (χ1v) is 9.97. The fourth-order valence-electron chi connectivity index (χ4n) is 3.85. The Morgan fingerprint density at radius 2 is 1.97 bits per heavy atom. The maximum atomic E-state index is 14.1. The molecule has 29 heavy (non-hydrogen) atoms. The molecule has 1 unspecified atom stereocenters. The van der Waals surface area contributed by atoms with Crippen LogP contribution in [0.1, 0.15) is 46.9 Å². The Bertz CT molecular complexity index is 1040. The number of anilines is 1. The Morgan fingerprint density at radius 3 is 2.72 bits per heavy atom. The van der Waals surface area contributed by atoms with Crippen LogP contribution >= 0.6 is 15.9 Å². The van der Waals surface area contributed by atoms with Crippen LogP contribution in [0.25, 0.3) is 0 Å². The van der Waals surface area contributed by atoms with Gasteiger partial charge in [0.25, 0.3) is 0 Å². The molecule has 0 saturated heterocycles. The lowest BCUT2D eigenvalue weighted by atomic mass is 9.91. The van der Waals surface area contributed by atoms with E-state index in [1.54, 1.807) is 12.1 Å². The summed E-state index contributed by atoms with van der Waals surface area (Å²) in [6, 6.07) is 4.59. The molecule has 1 atom stereocenters. The third-order valence-corrected chi connectivity index (χ3v) is 5.72. The molecule has 1 aliphatic heterocycles. The lowest BCUT2D eigenvalue weighted by Crippen LogP contribution is -2.19. The molecule has 3 nitrogen and oxygen atoms in total. The zero-order valence-corrected chi connectivity index (χ0v) is 16.8. The van der Waals surface area contributed by atoms with E-state index in [1.165, 1.54) is 18.3 Å². The maximum Gasteiger partial charge on any atom is 0.416 e. The van der Waals surface area contributed by atoms with Crippen molar-refractivity contribution in [1.29, 1.82) is 0 Å². The van der Waals surface area contributed by atoms with Crippen LogP contribution in [0.3, 0.4) is 0 Å². The maximum absolute atomic E-state index is 14.1. The minimum absolute atomic E-state index is 0.0625. The lowest BCUT2D eigenvalue weighted by molar-refractivity contribution is -0.0892. The van der Waals surface area contributed by atoms with Crippen LogP contribution < -0.4 is 5.32 Å². The van der Waals surface area contributed by atoms with Crippen molar-refractivity contribution in [3.05, 3.63) is 74.8 Å². The van der Waals surface area contributed by atoms with Crippen LogP contribution in [0, 0.1) is 5.82 Å². The molecule has 8 heteroatoms. The SMILES string of the molecule is O=C(C1=C(C(F)(F)F)C=CCC1)c1c[nH]c(C2CCc3c(F)cc(Br)cc3N2)c1. The van der Waals surface area contributed by atoms with Crippen molar-refractivity contribution in [3.8, 4) is 0 Å². The largest absolute Gasteiger partial charge is 0.416 e. The van der Waals surface area contributed by atoms with Gasteiger partial charge in [0, 0.05) is 38.8 Å². The molecule has 0 bridgehead atoms. The topological polar surface area (TPSA) is 44.9 Å². The summed E-state index contributed by atoms with van der Waals surface area (Å²) in [5.74, 6) is -0.908. The molecule has 2 heterocycles. The van der Waals surface area contributed by atoms with Crippen molar-refractivity contribution in [1.82, 2.24) is 4.98 Å². The van der Waals surface area contributed by atoms with E-state index in [0.717, 1.165) is 6.08 Å². The second-order valence-electron chi connectivity index (χ2n) is 7.15. The molecule has 1 aromatic heterocycles. The van der Waals surface area contributed by atoms with E-state index in [1.807, 2.05) is 0 Å². The number of alkyl halides is 3. The van der Waals surface area contributed by atoms with Gasteiger partial charge in [0.1, 0.15) is 5.82 Å². The predicted octanol–water partition coefficient (Wildman–Crippen LogP) is 6.41. The molecule has 152 valence electrons. The number of allylic oxidation sites excluding steroid dienone is 4. The second kappa shape index (κ2) is 7.48. The number of aromatic nitrogens is 1. The van der Waals surface area contributed by atoms with E-state index in [9.17, 15) is 22.4 Å². The molecule has 0 radical (unpaired) electrons. The van der Waals surface area contributed by atoms with Crippen molar-refractivity contribution in [2.75, 3.05) is 5.32 Å². The Kier molecular flexibility index (Phi) is 5.14. The summed E-state index contributed by atoms with van der Waals surface area (Å²) in [5, 5.41) is 3.24. The van der Waals surface area contributed by atoms with Crippen LogP contribution in [-0.2, 0) is 6.42 Å². The van der Waals surface area contributed by atoms with Crippen LogP contribution in [0.4, 0.5) is 23.2 Å². The number of benzene rings is 1. The molecule has 1 aliphatic carbocycles. The predicted molar refractivity (Wildman–Crippen MR) is 105 cm³/mol. The highest BCUT2D eigenvalue weighted by Gasteiger charge is 2.37. The third kappa shape index (κ3) is 3.90. The van der Waals surface area contributed by atoms with Crippen molar-refractivity contribution < 1.29 is 22.4 Å². The molecule has 0 amide bonds. The summed E-state index contributed by atoms with van der Waals surface area (Å²) in [6.45, 7) is 0. The number of hydrogen-bond acceptors (Lipinski definition) is 2. The molecule has 0 fully saturated rings. The second-order valence-corrected chi connectivity index (χ2v) is 8.07. The first-order valence-electron chi connectivity index (χ1n) is 9.18. The Balaban J connectivity index is 1.60. The average Bonchev–Trinajstić information content (AvgIpc) is 3.16. The lowest BCUT2D eigenvalue weighted by Gasteiger charge is -2.27. The van der Waals surface area contributed by atoms with Crippen LogP contribution in [-0.4, -0.2) is 16.9 Å². The van der Waals surface area contributed by atoms with Gasteiger partial charge in [-0.3, -0.25) is 4.79 Å². The first-order chi connectivity index (χ1) is 13.7. The summed E-state index contributed by atoms with van der Waals surface area (Å²) >= 11 is 3.27. The number of Topliss-reactive ketones (excluding diaryl/α,β-unsaturated/α-hetero) is 1. The fourth-order valence-corrected chi connectivity index (χ4v) is 4.28. The van der Waals surface area contributed by atoms with Gasteiger partial charge < -0.3 is 10.3 Å². The van der Waals surface area contributed by atoms with Gasteiger partial charge in [-0.2, -0.15) is 13.2 Å². The fraction of sp³-hybridized carbons (Fsp3) is 0.286. The zero-order chi connectivity index (χ0) is 20.8. The molecule has 2 N–H and O–H groups in total. The molecular formula is C21H17BrF4N2O. The molecular weight excluding hydrogens is 452 g/mol. The van der Waals surface area contributed by atoms with E-state index in [-0.39, 0.29) is 29.4 Å². The Labute approximate surface area is 173 Å². The number of aromatic amines is 1. The first kappa shape index (κ1) is 19.9. The van der Waals surface area contributed by atoms with Gasteiger partial charge in [-0.1, -0.05) is 28.1 Å². The number of nitrogens with one attached hydrogen (secondary N) is 2. The molecule has 1 aromatic carbocycles. The van der Waals surface area contributed by atoms with Crippen molar-refractivity contribution >= 4 is 27.4 Å². The van der Waals surface area contributed by atoms with E-state index in [0.29, 0.717) is 40.7 Å². The van der Waals surface area contributed by atoms with Crippen molar-refractivity contribution in [2.45, 2.75) is 37.9 Å². The highest BCUT2D eigenvalue weighted by molar-refractivity contribution is 9.10. The summed E-state index contributed by atoms with van der Waals surface area (Å²) in [4.78, 5) is 15.8. The Morgan fingerprint density at radius 1 is 1.17 bits per heavy atom. The summed E-state index contributed by atoms with van der Waals surface area (Å²) < 4.78 is 54.5. The molecule has 0 spiro atoms. The molecule has 2 aliphatic rings. The molecule has 2 aromatic rings. The Hall–Kier alpha value is -2.35. The van der Waals surface area contributed by atoms with Gasteiger partial charge in [-0.25, -0.2) is 4.39 Å². The van der Waals surface area contributed by atoms with Crippen molar-refractivity contribution in [2.24, 2.45) is 0 Å². The number of H-pyrrole nitrogens is 1. The highest BCUT2D eigenvalue weighted by atomic mass is 79.9. The number of fused-ring (bicyclic) bond motifs is 1. The van der Waals surface area contributed by atoms with Gasteiger partial charge in [0.15, 0.2) is 5.78 Å². The monoisotopic (exact) mass is 468 g/mol. The van der Waals surface area contributed by atoms with Crippen LogP contribution in [0.2, 0.25) is 0 Å². The number of hydrogen-bond donors (Lipinski definition) is 2. The standard InChI is InChI=1S/C21H17BrF4N2O/c22-12-8-16(23)14-5-6-17(28-18(14)9-12)19-7-11(10-27-19)20(29)13-3-1-2-4-15(13)21(24,25)26/h2,4,7-10,17,27-28H,1,3,5-6H2. The average molecular weight is 469 g/mol. The van der Waals surface area contributed by atoms with Gasteiger partial charge in [-0.05, 0) is 43.9 Å². The number of carbonyl (C=O) groups excluding carboxylic acids is 1. The number of rotatable bonds is 3. The zero-order valence-electron chi connectivity index (χ0n) is 15.2. The van der Waals surface area contributed by atoms with Crippen LogP contribution in [0.15, 0.2) is 52.2 Å². The normalized spacial score (nSPS) is 19.1. The number of halogens is 5. The van der Waals surface area contributed by atoms with Crippen molar-refractivity contribution in [3.63, 3.8) is 0 Å². The van der Waals surface area contributed by atoms with Gasteiger partial charge in [-0.15, -0.1) is 0 Å². The summed E-state index contributed by atoms with van der Waals surface area (Å²) in [5.41, 5.74) is 1.05. The number of ketones is 1. The molecule has 0 saturated carbocycles. The highest BCUT2D eigenvalue weighted by Crippen LogP contribution is 2.37. The number of carbonyl (C=O) groups is 1. The van der Waals surface area contributed by atoms with Gasteiger partial charge in [0.05, 0.1) is 11.6 Å². The van der Waals surface area contributed by atoms with E-state index < -0.39 is 17.5 Å². The third-order valence-electron chi connectivity index (χ3n) is 5.27. The van der Waals surface area contributed by atoms with E-state index in [4.69, 9.17) is 0 Å². The van der Waals surface area contributed by atoms with E-state index >= 15 is 0 Å².